The molecule has 2 aromatic rings. The van der Waals surface area contributed by atoms with Gasteiger partial charge in [-0.3, -0.25) is 4.79 Å². The number of ether oxygens (including phenoxy) is 1. The number of rotatable bonds is 5. The lowest BCUT2D eigenvalue weighted by Crippen LogP contribution is -2.35. The minimum absolute atomic E-state index is 0.165. The number of carbonyl (C=O) groups is 1. The molecule has 0 radical (unpaired) electrons. The second kappa shape index (κ2) is 6.43. The number of para-hydroxylation sites is 1. The van der Waals surface area contributed by atoms with Gasteiger partial charge in [-0.1, -0.05) is 23.4 Å². The summed E-state index contributed by atoms with van der Waals surface area (Å²) in [6.45, 7) is 1.87. The molecule has 1 aromatic carbocycles. The van der Waals surface area contributed by atoms with Crippen molar-refractivity contribution >= 4 is 5.91 Å². The van der Waals surface area contributed by atoms with Gasteiger partial charge < -0.3 is 14.2 Å². The van der Waals surface area contributed by atoms with E-state index in [2.05, 4.69) is 5.16 Å². The van der Waals surface area contributed by atoms with Crippen molar-refractivity contribution in [2.75, 3.05) is 13.2 Å². The first kappa shape index (κ1) is 13.7. The molecule has 0 unspecified atom stereocenters. The van der Waals surface area contributed by atoms with E-state index < -0.39 is 0 Å². The van der Waals surface area contributed by atoms with Crippen LogP contribution in [-0.2, 0) is 17.8 Å². The van der Waals surface area contributed by atoms with Gasteiger partial charge >= 0.3 is 0 Å². The number of nitrogens with zero attached hydrogens (tertiary/aromatic N) is 2. The lowest BCUT2D eigenvalue weighted by Gasteiger charge is -2.25. The summed E-state index contributed by atoms with van der Waals surface area (Å²) in [5.74, 6) is 1.92. The fraction of sp³-hybridized carbons (Fsp3) is 0.375. The molecule has 1 aliphatic rings. The number of amides is 1. The van der Waals surface area contributed by atoms with Gasteiger partial charge in [0.05, 0.1) is 19.3 Å². The van der Waals surface area contributed by atoms with E-state index in [9.17, 15) is 4.79 Å². The van der Waals surface area contributed by atoms with E-state index in [1.807, 2.05) is 35.2 Å². The molecule has 0 bridgehead atoms. The maximum atomic E-state index is 12.2. The summed E-state index contributed by atoms with van der Waals surface area (Å²) >= 11 is 0. The molecule has 0 N–H and O–H groups in total. The van der Waals surface area contributed by atoms with Crippen LogP contribution in [0.3, 0.4) is 0 Å². The molecule has 1 amide bonds. The molecule has 0 saturated heterocycles. The number of hydrogen-bond donors (Lipinski definition) is 0. The van der Waals surface area contributed by atoms with Gasteiger partial charge in [-0.05, 0) is 18.6 Å². The van der Waals surface area contributed by atoms with Crippen molar-refractivity contribution in [2.45, 2.75) is 25.8 Å². The highest BCUT2D eigenvalue weighted by Crippen LogP contribution is 2.19. The lowest BCUT2D eigenvalue weighted by molar-refractivity contribution is -0.132. The minimum atomic E-state index is 0.165. The molecule has 0 spiro atoms. The van der Waals surface area contributed by atoms with Crippen molar-refractivity contribution in [1.82, 2.24) is 10.1 Å². The van der Waals surface area contributed by atoms with Crippen LogP contribution in [0.15, 0.2) is 41.1 Å². The molecule has 5 heteroatoms. The van der Waals surface area contributed by atoms with Crippen molar-refractivity contribution < 1.29 is 14.1 Å². The van der Waals surface area contributed by atoms with E-state index in [1.165, 1.54) is 0 Å². The van der Waals surface area contributed by atoms with Gasteiger partial charge in [0.15, 0.2) is 0 Å². The SMILES string of the molecule is O=C(CCCOc1ccccc1)N1CCc2oncc2C1. The van der Waals surface area contributed by atoms with Gasteiger partial charge in [-0.2, -0.15) is 0 Å². The third kappa shape index (κ3) is 3.42. The normalized spacial score (nSPS) is 13.8. The molecular formula is C16H18N2O3. The molecule has 5 nitrogen and oxygen atoms in total. The van der Waals surface area contributed by atoms with Crippen LogP contribution in [0.4, 0.5) is 0 Å². The number of benzene rings is 1. The van der Waals surface area contributed by atoms with Crippen LogP contribution in [0, 0.1) is 0 Å². The van der Waals surface area contributed by atoms with Crippen molar-refractivity contribution in [2.24, 2.45) is 0 Å². The van der Waals surface area contributed by atoms with Gasteiger partial charge in [-0.25, -0.2) is 0 Å². The fourth-order valence-corrected chi connectivity index (χ4v) is 2.44. The molecule has 2 heterocycles. The molecule has 110 valence electrons. The zero-order chi connectivity index (χ0) is 14.5. The summed E-state index contributed by atoms with van der Waals surface area (Å²) in [4.78, 5) is 14.0. The van der Waals surface area contributed by atoms with Gasteiger partial charge in [0.25, 0.3) is 0 Å². The summed E-state index contributed by atoms with van der Waals surface area (Å²) in [7, 11) is 0. The van der Waals surface area contributed by atoms with E-state index in [0.29, 0.717) is 26.1 Å². The Morgan fingerprint density at radius 1 is 1.33 bits per heavy atom. The molecule has 1 aliphatic heterocycles. The fourth-order valence-electron chi connectivity index (χ4n) is 2.44. The zero-order valence-electron chi connectivity index (χ0n) is 11.8. The van der Waals surface area contributed by atoms with Crippen LogP contribution < -0.4 is 4.74 Å². The Balaban J connectivity index is 1.41. The van der Waals surface area contributed by atoms with Gasteiger partial charge in [0, 0.05) is 24.9 Å². The number of carbonyl (C=O) groups excluding carboxylic acids is 1. The standard InChI is InChI=1S/C16H18N2O3/c19-16(7-4-10-20-14-5-2-1-3-6-14)18-9-8-15-13(12-18)11-17-21-15/h1-3,5-6,11H,4,7-10,12H2. The monoisotopic (exact) mass is 286 g/mol. The van der Waals surface area contributed by atoms with Crippen LogP contribution in [0.2, 0.25) is 0 Å². The Morgan fingerprint density at radius 3 is 3.05 bits per heavy atom. The van der Waals surface area contributed by atoms with Crippen LogP contribution in [0.5, 0.6) is 5.75 Å². The third-order valence-corrected chi connectivity index (χ3v) is 3.60. The topological polar surface area (TPSA) is 55.6 Å². The molecular weight excluding hydrogens is 268 g/mol. The number of fused-ring (bicyclic) bond motifs is 1. The largest absolute Gasteiger partial charge is 0.494 e. The Morgan fingerprint density at radius 2 is 2.19 bits per heavy atom. The van der Waals surface area contributed by atoms with Crippen molar-refractivity contribution in [1.29, 1.82) is 0 Å². The Hall–Kier alpha value is -2.30. The predicted molar refractivity (Wildman–Crippen MR) is 76.8 cm³/mol. The quantitative estimate of drug-likeness (QED) is 0.792. The second-order valence-electron chi connectivity index (χ2n) is 5.10. The van der Waals surface area contributed by atoms with Crippen LogP contribution in [-0.4, -0.2) is 29.1 Å². The second-order valence-corrected chi connectivity index (χ2v) is 5.10. The highest BCUT2D eigenvalue weighted by atomic mass is 16.5. The maximum absolute atomic E-state index is 12.2. The van der Waals surface area contributed by atoms with Crippen LogP contribution in [0.25, 0.3) is 0 Å². The Bertz CT molecular complexity index is 595. The summed E-state index contributed by atoms with van der Waals surface area (Å²) in [5, 5.41) is 3.77. The smallest absolute Gasteiger partial charge is 0.223 e. The molecule has 0 aliphatic carbocycles. The first-order valence-electron chi connectivity index (χ1n) is 7.21. The maximum Gasteiger partial charge on any atom is 0.223 e. The van der Waals surface area contributed by atoms with Crippen molar-refractivity contribution in [3.63, 3.8) is 0 Å². The van der Waals surface area contributed by atoms with E-state index in [-0.39, 0.29) is 5.91 Å². The zero-order valence-corrected chi connectivity index (χ0v) is 11.8. The highest BCUT2D eigenvalue weighted by molar-refractivity contribution is 5.76. The average molecular weight is 286 g/mol. The van der Waals surface area contributed by atoms with Gasteiger partial charge in [0.2, 0.25) is 5.91 Å². The molecule has 1 aromatic heterocycles. The molecule has 0 saturated carbocycles. The van der Waals surface area contributed by atoms with E-state index in [4.69, 9.17) is 9.26 Å². The first-order chi connectivity index (χ1) is 10.3. The van der Waals surface area contributed by atoms with Crippen LogP contribution in [0.1, 0.15) is 24.2 Å². The lowest BCUT2D eigenvalue weighted by atomic mass is 10.1. The Labute approximate surface area is 123 Å². The summed E-state index contributed by atoms with van der Waals surface area (Å²) in [6, 6.07) is 9.65. The van der Waals surface area contributed by atoms with E-state index in [1.54, 1.807) is 6.20 Å². The highest BCUT2D eigenvalue weighted by Gasteiger charge is 2.22. The first-order valence-corrected chi connectivity index (χ1v) is 7.21. The number of aromatic nitrogens is 1. The molecule has 0 atom stereocenters. The molecule has 0 fully saturated rings. The summed E-state index contributed by atoms with van der Waals surface area (Å²) in [5.41, 5.74) is 1.02. The predicted octanol–water partition coefficient (Wildman–Crippen LogP) is 2.42. The summed E-state index contributed by atoms with van der Waals surface area (Å²) < 4.78 is 10.7. The minimum Gasteiger partial charge on any atom is -0.494 e. The third-order valence-electron chi connectivity index (χ3n) is 3.60. The van der Waals surface area contributed by atoms with Crippen molar-refractivity contribution in [3.8, 4) is 5.75 Å². The van der Waals surface area contributed by atoms with E-state index >= 15 is 0 Å². The number of hydrogen-bond acceptors (Lipinski definition) is 4. The molecule has 3 rings (SSSR count). The van der Waals surface area contributed by atoms with Gasteiger partial charge in [-0.15, -0.1) is 0 Å². The van der Waals surface area contributed by atoms with Crippen molar-refractivity contribution in [3.05, 3.63) is 47.9 Å². The van der Waals surface area contributed by atoms with Crippen LogP contribution >= 0.6 is 0 Å². The van der Waals surface area contributed by atoms with Gasteiger partial charge in [0.1, 0.15) is 11.5 Å². The Kier molecular flexibility index (Phi) is 4.19. The average Bonchev–Trinajstić information content (AvgIpc) is 3.00. The van der Waals surface area contributed by atoms with E-state index in [0.717, 1.165) is 29.9 Å². The molecule has 21 heavy (non-hydrogen) atoms. The summed E-state index contributed by atoms with van der Waals surface area (Å²) in [6.07, 6.45) is 3.68.